The van der Waals surface area contributed by atoms with Crippen LogP contribution in [0.3, 0.4) is 0 Å². The van der Waals surface area contributed by atoms with Crippen molar-refractivity contribution >= 4 is 17.5 Å². The molecular weight excluding hydrogens is 222 g/mol. The summed E-state index contributed by atoms with van der Waals surface area (Å²) in [5.41, 5.74) is 0.924. The fraction of sp³-hybridized carbons (Fsp3) is 0.667. The van der Waals surface area contributed by atoms with Gasteiger partial charge in [-0.15, -0.1) is 0 Å². The molecule has 0 aromatic carbocycles. The lowest BCUT2D eigenvalue weighted by Gasteiger charge is -2.22. The van der Waals surface area contributed by atoms with Crippen LogP contribution < -0.4 is 4.90 Å². The summed E-state index contributed by atoms with van der Waals surface area (Å²) in [5, 5.41) is 0.528. The molecule has 3 nitrogen and oxygen atoms in total. The number of aromatic nitrogens is 2. The third kappa shape index (κ3) is 3.97. The zero-order chi connectivity index (χ0) is 12.0. The van der Waals surface area contributed by atoms with Crippen LogP contribution in [0.5, 0.6) is 0 Å². The molecule has 0 aliphatic rings. The second-order valence-corrected chi connectivity index (χ2v) is 4.36. The number of hydrogen-bond donors (Lipinski definition) is 0. The predicted molar refractivity (Wildman–Crippen MR) is 69.2 cm³/mol. The van der Waals surface area contributed by atoms with Crippen molar-refractivity contribution in [3.63, 3.8) is 0 Å². The molecule has 0 atom stereocenters. The van der Waals surface area contributed by atoms with Crippen molar-refractivity contribution in [3.8, 4) is 0 Å². The Morgan fingerprint density at radius 2 is 1.94 bits per heavy atom. The molecule has 1 heterocycles. The number of halogens is 1. The SMILES string of the molecule is CCCCN(CCC)c1nc(C)cc(Cl)n1. The van der Waals surface area contributed by atoms with E-state index in [-0.39, 0.29) is 0 Å². The highest BCUT2D eigenvalue weighted by Gasteiger charge is 2.09. The largest absolute Gasteiger partial charge is 0.341 e. The average molecular weight is 242 g/mol. The molecule has 0 bridgehead atoms. The van der Waals surface area contributed by atoms with Gasteiger partial charge in [0.15, 0.2) is 0 Å². The zero-order valence-electron chi connectivity index (χ0n) is 10.3. The van der Waals surface area contributed by atoms with Crippen LogP contribution in [0.2, 0.25) is 5.15 Å². The molecule has 1 aromatic heterocycles. The van der Waals surface area contributed by atoms with Crippen molar-refractivity contribution in [1.82, 2.24) is 9.97 Å². The molecule has 1 rings (SSSR count). The van der Waals surface area contributed by atoms with Crippen molar-refractivity contribution < 1.29 is 0 Å². The Kier molecular flexibility index (Phi) is 5.53. The Morgan fingerprint density at radius 3 is 2.50 bits per heavy atom. The first-order valence-corrected chi connectivity index (χ1v) is 6.31. The molecule has 0 N–H and O–H groups in total. The van der Waals surface area contributed by atoms with E-state index in [1.807, 2.05) is 6.92 Å². The standard InChI is InChI=1S/C12H20ClN3/c1-4-6-8-16(7-5-2)12-14-10(3)9-11(13)15-12/h9H,4-8H2,1-3H3. The molecule has 0 saturated heterocycles. The number of unbranched alkanes of at least 4 members (excludes halogenated alkanes) is 1. The van der Waals surface area contributed by atoms with Gasteiger partial charge in [-0.2, -0.15) is 0 Å². The zero-order valence-corrected chi connectivity index (χ0v) is 11.1. The van der Waals surface area contributed by atoms with Crippen LogP contribution in [0.15, 0.2) is 6.07 Å². The summed E-state index contributed by atoms with van der Waals surface area (Å²) >= 11 is 5.95. The molecule has 0 aliphatic heterocycles. The lowest BCUT2D eigenvalue weighted by Crippen LogP contribution is -2.27. The van der Waals surface area contributed by atoms with Gasteiger partial charge in [-0.05, 0) is 25.8 Å². The molecule has 0 amide bonds. The van der Waals surface area contributed by atoms with Crippen molar-refractivity contribution in [2.45, 2.75) is 40.0 Å². The third-order valence-electron chi connectivity index (χ3n) is 2.37. The van der Waals surface area contributed by atoms with Crippen molar-refractivity contribution in [2.24, 2.45) is 0 Å². The Morgan fingerprint density at radius 1 is 1.19 bits per heavy atom. The van der Waals surface area contributed by atoms with E-state index in [0.29, 0.717) is 5.15 Å². The predicted octanol–water partition coefficient (Wildman–Crippen LogP) is 3.45. The van der Waals surface area contributed by atoms with Gasteiger partial charge in [0, 0.05) is 18.8 Å². The summed E-state index contributed by atoms with van der Waals surface area (Å²) < 4.78 is 0. The van der Waals surface area contributed by atoms with Gasteiger partial charge in [0.25, 0.3) is 0 Å². The Labute approximate surface area is 103 Å². The summed E-state index contributed by atoms with van der Waals surface area (Å²) in [6.45, 7) is 8.29. The summed E-state index contributed by atoms with van der Waals surface area (Å²) in [6.07, 6.45) is 3.44. The molecule has 0 aliphatic carbocycles. The number of rotatable bonds is 6. The molecule has 4 heteroatoms. The maximum absolute atomic E-state index is 5.95. The molecule has 1 aromatic rings. The molecule has 90 valence electrons. The fourth-order valence-electron chi connectivity index (χ4n) is 1.59. The van der Waals surface area contributed by atoms with Gasteiger partial charge < -0.3 is 4.90 Å². The number of aryl methyl sites for hydroxylation is 1. The van der Waals surface area contributed by atoms with Gasteiger partial charge in [0.2, 0.25) is 5.95 Å². The molecule has 0 spiro atoms. The van der Waals surface area contributed by atoms with Crippen LogP contribution in [0.25, 0.3) is 0 Å². The van der Waals surface area contributed by atoms with Crippen molar-refractivity contribution in [1.29, 1.82) is 0 Å². The lowest BCUT2D eigenvalue weighted by molar-refractivity contribution is 0.685. The van der Waals surface area contributed by atoms with E-state index in [4.69, 9.17) is 11.6 Å². The van der Waals surface area contributed by atoms with Crippen LogP contribution in [-0.4, -0.2) is 23.1 Å². The highest BCUT2D eigenvalue weighted by molar-refractivity contribution is 6.29. The summed E-state index contributed by atoms with van der Waals surface area (Å²) in [4.78, 5) is 10.9. The van der Waals surface area contributed by atoms with Gasteiger partial charge in [0.05, 0.1) is 0 Å². The van der Waals surface area contributed by atoms with Gasteiger partial charge in [-0.25, -0.2) is 9.97 Å². The summed E-state index contributed by atoms with van der Waals surface area (Å²) in [5.74, 6) is 0.764. The van der Waals surface area contributed by atoms with Crippen LogP contribution in [0, 0.1) is 6.92 Å². The van der Waals surface area contributed by atoms with Gasteiger partial charge >= 0.3 is 0 Å². The first-order chi connectivity index (χ1) is 7.67. The fourth-order valence-corrected chi connectivity index (χ4v) is 1.82. The minimum Gasteiger partial charge on any atom is -0.341 e. The molecular formula is C12H20ClN3. The molecule has 0 saturated carbocycles. The smallest absolute Gasteiger partial charge is 0.226 e. The van der Waals surface area contributed by atoms with E-state index < -0.39 is 0 Å². The average Bonchev–Trinajstić information content (AvgIpc) is 2.22. The van der Waals surface area contributed by atoms with Gasteiger partial charge in [-0.3, -0.25) is 0 Å². The van der Waals surface area contributed by atoms with Crippen LogP contribution in [-0.2, 0) is 0 Å². The highest BCUT2D eigenvalue weighted by Crippen LogP contribution is 2.14. The van der Waals surface area contributed by atoms with Crippen LogP contribution in [0.1, 0.15) is 38.8 Å². The second kappa shape index (κ2) is 6.69. The van der Waals surface area contributed by atoms with E-state index in [1.54, 1.807) is 6.07 Å². The quantitative estimate of drug-likeness (QED) is 0.715. The Hall–Kier alpha value is -0.830. The highest BCUT2D eigenvalue weighted by atomic mass is 35.5. The topological polar surface area (TPSA) is 29.0 Å². The minimum absolute atomic E-state index is 0.528. The van der Waals surface area contributed by atoms with E-state index >= 15 is 0 Å². The Bertz CT molecular complexity index is 308. The Balaban J connectivity index is 2.82. The summed E-state index contributed by atoms with van der Waals surface area (Å²) in [7, 11) is 0. The molecule has 0 radical (unpaired) electrons. The van der Waals surface area contributed by atoms with Gasteiger partial charge in [-0.1, -0.05) is 31.9 Å². The normalized spacial score (nSPS) is 10.5. The monoisotopic (exact) mass is 241 g/mol. The van der Waals surface area contributed by atoms with E-state index in [0.717, 1.165) is 37.6 Å². The second-order valence-electron chi connectivity index (χ2n) is 3.97. The van der Waals surface area contributed by atoms with Crippen LogP contribution in [0.4, 0.5) is 5.95 Å². The number of nitrogens with zero attached hydrogens (tertiary/aromatic N) is 3. The number of hydrogen-bond acceptors (Lipinski definition) is 3. The van der Waals surface area contributed by atoms with E-state index in [9.17, 15) is 0 Å². The molecule has 16 heavy (non-hydrogen) atoms. The van der Waals surface area contributed by atoms with Crippen molar-refractivity contribution in [2.75, 3.05) is 18.0 Å². The lowest BCUT2D eigenvalue weighted by atomic mass is 10.3. The maximum atomic E-state index is 5.95. The molecule has 0 fully saturated rings. The van der Waals surface area contributed by atoms with E-state index in [1.165, 1.54) is 6.42 Å². The number of anilines is 1. The van der Waals surface area contributed by atoms with Gasteiger partial charge in [0.1, 0.15) is 5.15 Å². The maximum Gasteiger partial charge on any atom is 0.226 e. The summed E-state index contributed by atoms with van der Waals surface area (Å²) in [6, 6.07) is 1.79. The van der Waals surface area contributed by atoms with E-state index in [2.05, 4.69) is 28.7 Å². The van der Waals surface area contributed by atoms with Crippen LogP contribution >= 0.6 is 11.6 Å². The first-order valence-electron chi connectivity index (χ1n) is 5.93. The minimum atomic E-state index is 0.528. The first kappa shape index (κ1) is 13.2. The third-order valence-corrected chi connectivity index (χ3v) is 2.56. The van der Waals surface area contributed by atoms with Crippen molar-refractivity contribution in [3.05, 3.63) is 16.9 Å². The molecule has 0 unspecified atom stereocenters.